The van der Waals surface area contributed by atoms with Crippen LogP contribution in [-0.4, -0.2) is 58.8 Å². The number of hydrogen-bond donors (Lipinski definition) is 2. The maximum absolute atomic E-state index is 12.6. The number of carbonyl (C=O) groups is 3. The zero-order valence-corrected chi connectivity index (χ0v) is 19.1. The molecule has 0 fully saturated rings. The van der Waals surface area contributed by atoms with Gasteiger partial charge < -0.3 is 15.6 Å². The van der Waals surface area contributed by atoms with E-state index in [4.69, 9.17) is 15.6 Å². The smallest absolute Gasteiger partial charge is 0.420 e. The molecule has 184 valence electrons. The molecule has 4 aromatic rings. The minimum Gasteiger partial charge on any atom is -0.481 e. The van der Waals surface area contributed by atoms with Crippen molar-refractivity contribution >= 4 is 17.8 Å². The van der Waals surface area contributed by atoms with Crippen molar-refractivity contribution in [2.24, 2.45) is 5.73 Å². The van der Waals surface area contributed by atoms with Gasteiger partial charge in [0.25, 0.3) is 0 Å². The van der Waals surface area contributed by atoms with Crippen LogP contribution < -0.4 is 5.73 Å². The van der Waals surface area contributed by atoms with Crippen molar-refractivity contribution in [1.29, 1.82) is 0 Å². The second-order valence-corrected chi connectivity index (χ2v) is 7.96. The number of ether oxygens (including phenoxy) is 1. The number of hydrogen-bond acceptors (Lipinski definition) is 9. The zero-order valence-electron chi connectivity index (χ0n) is 19.1. The Balaban J connectivity index is 1.41. The monoisotopic (exact) mass is 489 g/mol. The Kier molecular flexibility index (Phi) is 7.56. The van der Waals surface area contributed by atoms with Gasteiger partial charge >= 0.3 is 12.1 Å². The van der Waals surface area contributed by atoms with E-state index in [9.17, 15) is 14.4 Å². The molecule has 0 amide bonds. The van der Waals surface area contributed by atoms with Gasteiger partial charge in [0.15, 0.2) is 11.6 Å². The molecule has 2 heterocycles. The van der Waals surface area contributed by atoms with Crippen LogP contribution in [0.2, 0.25) is 0 Å². The number of benzene rings is 2. The van der Waals surface area contributed by atoms with Crippen molar-refractivity contribution in [1.82, 2.24) is 29.8 Å². The third-order valence-electron chi connectivity index (χ3n) is 5.34. The van der Waals surface area contributed by atoms with Crippen molar-refractivity contribution in [2.75, 3.05) is 0 Å². The fourth-order valence-corrected chi connectivity index (χ4v) is 3.45. The summed E-state index contributed by atoms with van der Waals surface area (Å²) >= 11 is 0. The second kappa shape index (κ2) is 11.1. The lowest BCUT2D eigenvalue weighted by Crippen LogP contribution is -2.36. The molecule has 4 rings (SSSR count). The lowest BCUT2D eigenvalue weighted by Gasteiger charge is -2.10. The third kappa shape index (κ3) is 6.04. The summed E-state index contributed by atoms with van der Waals surface area (Å²) in [6.07, 6.45) is 2.37. The van der Waals surface area contributed by atoms with E-state index >= 15 is 0 Å². The predicted octanol–water partition coefficient (Wildman–Crippen LogP) is 1.68. The van der Waals surface area contributed by atoms with Gasteiger partial charge in [-0.05, 0) is 21.6 Å². The average molecular weight is 489 g/mol. The highest BCUT2D eigenvalue weighted by Gasteiger charge is 2.20. The molecule has 0 spiro atoms. The zero-order chi connectivity index (χ0) is 25.5. The third-order valence-corrected chi connectivity index (χ3v) is 5.34. The molecule has 36 heavy (non-hydrogen) atoms. The summed E-state index contributed by atoms with van der Waals surface area (Å²) in [4.78, 5) is 39.8. The number of aliphatic carboxylic acids is 1. The number of carbonyl (C=O) groups excluding carboxylic acids is 2. The molecule has 2 aromatic carbocycles. The number of tetrazole rings is 1. The van der Waals surface area contributed by atoms with Gasteiger partial charge in [0.1, 0.15) is 19.0 Å². The number of nitrogens with two attached hydrogens (primary N) is 1. The van der Waals surface area contributed by atoms with E-state index in [0.29, 0.717) is 23.6 Å². The van der Waals surface area contributed by atoms with E-state index in [0.717, 1.165) is 11.1 Å². The van der Waals surface area contributed by atoms with Crippen LogP contribution in [0.5, 0.6) is 0 Å². The molecule has 3 N–H and O–H groups in total. The van der Waals surface area contributed by atoms with E-state index in [1.807, 2.05) is 42.5 Å². The minimum absolute atomic E-state index is 0.147. The molecule has 12 nitrogen and oxygen atoms in total. The first kappa shape index (κ1) is 24.4. The summed E-state index contributed by atoms with van der Waals surface area (Å²) in [5.41, 5.74) is 8.06. The van der Waals surface area contributed by atoms with E-state index < -0.39 is 30.3 Å². The molecule has 0 bridgehead atoms. The van der Waals surface area contributed by atoms with E-state index in [1.54, 1.807) is 12.1 Å². The standard InChI is InChI=1S/C24H23N7O5/c25-19(13-22(33)34)20(32)14-31-21(27-28-29-31)12-16-6-8-18(9-7-16)23-26-10-11-30(23)24(35)36-15-17-4-2-1-3-5-17/h1-11,19H,12-15,25H2,(H,33,34). The van der Waals surface area contributed by atoms with Crippen LogP contribution >= 0.6 is 0 Å². The molecular formula is C24H23N7O5. The molecular weight excluding hydrogens is 466 g/mol. The quantitative estimate of drug-likeness (QED) is 0.334. The summed E-state index contributed by atoms with van der Waals surface area (Å²) in [5.74, 6) is -0.780. The topological polar surface area (TPSA) is 168 Å². The highest BCUT2D eigenvalue weighted by atomic mass is 16.5. The summed E-state index contributed by atoms with van der Waals surface area (Å²) in [7, 11) is 0. The van der Waals surface area contributed by atoms with Crippen molar-refractivity contribution in [3.63, 3.8) is 0 Å². The molecule has 0 saturated heterocycles. The fraction of sp³-hybridized carbons (Fsp3) is 0.208. The summed E-state index contributed by atoms with van der Waals surface area (Å²) in [6, 6.07) is 15.5. The Morgan fingerprint density at radius 2 is 1.78 bits per heavy atom. The Labute approximate surface area is 205 Å². The van der Waals surface area contributed by atoms with Crippen LogP contribution in [0.25, 0.3) is 11.4 Å². The van der Waals surface area contributed by atoms with Crippen LogP contribution in [0, 0.1) is 0 Å². The SMILES string of the molecule is NC(CC(=O)O)C(=O)Cn1nnnc1Cc1ccc(-c2nccn2C(=O)OCc2ccccc2)cc1. The second-order valence-electron chi connectivity index (χ2n) is 7.96. The van der Waals surface area contributed by atoms with Crippen LogP contribution in [0.4, 0.5) is 4.79 Å². The maximum Gasteiger partial charge on any atom is 0.420 e. The minimum atomic E-state index is -1.15. The van der Waals surface area contributed by atoms with Crippen LogP contribution in [0.15, 0.2) is 67.0 Å². The van der Waals surface area contributed by atoms with Crippen molar-refractivity contribution < 1.29 is 24.2 Å². The lowest BCUT2D eigenvalue weighted by atomic mass is 10.1. The first-order valence-corrected chi connectivity index (χ1v) is 11.0. The molecule has 0 radical (unpaired) electrons. The molecule has 2 aromatic heterocycles. The van der Waals surface area contributed by atoms with Crippen LogP contribution in [-0.2, 0) is 33.9 Å². The Bertz CT molecular complexity index is 1350. The molecule has 0 aliphatic heterocycles. The van der Waals surface area contributed by atoms with Gasteiger partial charge in [0, 0.05) is 24.4 Å². The van der Waals surface area contributed by atoms with Crippen molar-refractivity contribution in [2.45, 2.75) is 32.0 Å². The first-order valence-electron chi connectivity index (χ1n) is 11.0. The van der Waals surface area contributed by atoms with Gasteiger partial charge in [-0.15, -0.1) is 5.10 Å². The molecule has 0 aliphatic rings. The predicted molar refractivity (Wildman–Crippen MR) is 126 cm³/mol. The Morgan fingerprint density at radius 3 is 2.50 bits per heavy atom. The van der Waals surface area contributed by atoms with Gasteiger partial charge in [0.2, 0.25) is 0 Å². The first-order chi connectivity index (χ1) is 17.4. The average Bonchev–Trinajstić information content (AvgIpc) is 3.53. The molecule has 12 heteroatoms. The van der Waals surface area contributed by atoms with Gasteiger partial charge in [-0.25, -0.2) is 19.0 Å². The number of nitrogens with zero attached hydrogens (tertiary/aromatic N) is 6. The van der Waals surface area contributed by atoms with Gasteiger partial charge in [0.05, 0.1) is 12.5 Å². The highest BCUT2D eigenvalue weighted by molar-refractivity contribution is 5.87. The van der Waals surface area contributed by atoms with Crippen molar-refractivity contribution in [3.8, 4) is 11.4 Å². The maximum atomic E-state index is 12.6. The van der Waals surface area contributed by atoms with Gasteiger partial charge in [-0.2, -0.15) is 0 Å². The number of carboxylic acid groups (broad SMARTS) is 1. The van der Waals surface area contributed by atoms with E-state index in [-0.39, 0.29) is 13.2 Å². The van der Waals surface area contributed by atoms with E-state index in [1.165, 1.54) is 21.6 Å². The van der Waals surface area contributed by atoms with E-state index in [2.05, 4.69) is 20.5 Å². The number of carboxylic acids is 1. The number of ketones is 1. The summed E-state index contributed by atoms with van der Waals surface area (Å²) in [6.45, 7) is -0.0773. The van der Waals surface area contributed by atoms with Gasteiger partial charge in [-0.3, -0.25) is 9.59 Å². The number of aromatic nitrogens is 6. The fourth-order valence-electron chi connectivity index (χ4n) is 3.45. The number of imidazole rings is 1. The lowest BCUT2D eigenvalue weighted by molar-refractivity contribution is -0.139. The number of Topliss-reactive ketones (excluding diaryl/α,β-unsaturated/α-hetero) is 1. The van der Waals surface area contributed by atoms with Crippen molar-refractivity contribution in [3.05, 3.63) is 83.9 Å². The molecule has 1 unspecified atom stereocenters. The normalized spacial score (nSPS) is 11.7. The molecule has 0 saturated carbocycles. The number of rotatable bonds is 10. The summed E-state index contributed by atoms with van der Waals surface area (Å²) in [5, 5.41) is 20.2. The van der Waals surface area contributed by atoms with Crippen LogP contribution in [0.1, 0.15) is 23.4 Å². The molecule has 1 atom stereocenters. The molecule has 0 aliphatic carbocycles. The Hall–Kier alpha value is -4.71. The largest absolute Gasteiger partial charge is 0.481 e. The highest BCUT2D eigenvalue weighted by Crippen LogP contribution is 2.20. The summed E-state index contributed by atoms with van der Waals surface area (Å²) < 4.78 is 8.04. The van der Waals surface area contributed by atoms with Gasteiger partial charge in [-0.1, -0.05) is 54.6 Å². The van der Waals surface area contributed by atoms with Crippen LogP contribution in [0.3, 0.4) is 0 Å². The Morgan fingerprint density at radius 1 is 1.03 bits per heavy atom.